The first-order valence-corrected chi connectivity index (χ1v) is 6.46. The largest absolute Gasteiger partial charge is 0.487 e. The van der Waals surface area contributed by atoms with Crippen molar-refractivity contribution in [3.8, 4) is 5.75 Å². The van der Waals surface area contributed by atoms with E-state index in [4.69, 9.17) is 4.74 Å². The lowest BCUT2D eigenvalue weighted by Gasteiger charge is -2.06. The van der Waals surface area contributed by atoms with Crippen LogP contribution in [0.25, 0.3) is 0 Å². The third kappa shape index (κ3) is 4.91. The van der Waals surface area contributed by atoms with E-state index in [0.29, 0.717) is 6.61 Å². The molecule has 0 radical (unpaired) electrons. The summed E-state index contributed by atoms with van der Waals surface area (Å²) in [4.78, 5) is 10.1. The van der Waals surface area contributed by atoms with Gasteiger partial charge in [-0.1, -0.05) is 12.8 Å². The average Bonchev–Trinajstić information content (AvgIpc) is 2.33. The van der Waals surface area contributed by atoms with Crippen molar-refractivity contribution in [3.05, 3.63) is 34.1 Å². The Balaban J connectivity index is 2.45. The molecule has 0 N–H and O–H groups in total. The molecule has 0 aromatic heterocycles. The maximum atomic E-state index is 13.0. The van der Waals surface area contributed by atoms with Crippen LogP contribution in [0.1, 0.15) is 25.7 Å². The Labute approximate surface area is 111 Å². The molecule has 0 heterocycles. The molecule has 0 spiro atoms. The molecule has 0 aliphatic carbocycles. The number of nitro groups is 1. The number of rotatable bonds is 8. The Morgan fingerprint density at radius 2 is 2.00 bits per heavy atom. The van der Waals surface area contributed by atoms with Gasteiger partial charge in [-0.2, -0.15) is 12.6 Å². The Hall–Kier alpha value is -1.30. The van der Waals surface area contributed by atoms with Crippen LogP contribution in [-0.2, 0) is 0 Å². The second-order valence-electron chi connectivity index (χ2n) is 3.86. The molecule has 0 saturated carbocycles. The number of nitro benzene ring substituents is 1. The van der Waals surface area contributed by atoms with Crippen molar-refractivity contribution in [2.24, 2.45) is 0 Å². The van der Waals surface area contributed by atoms with E-state index in [1.165, 1.54) is 0 Å². The Morgan fingerprint density at radius 1 is 1.28 bits per heavy atom. The fourth-order valence-electron chi connectivity index (χ4n) is 1.50. The van der Waals surface area contributed by atoms with Crippen LogP contribution in [0.5, 0.6) is 5.75 Å². The predicted octanol–water partition coefficient (Wildman–Crippen LogP) is 3.60. The quantitative estimate of drug-likeness (QED) is 0.341. The van der Waals surface area contributed by atoms with Crippen LogP contribution in [0.3, 0.4) is 0 Å². The predicted molar refractivity (Wildman–Crippen MR) is 70.9 cm³/mol. The first-order valence-electron chi connectivity index (χ1n) is 5.82. The highest BCUT2D eigenvalue weighted by atomic mass is 32.1. The summed E-state index contributed by atoms with van der Waals surface area (Å²) < 4.78 is 18.2. The molecule has 0 amide bonds. The Kier molecular flexibility index (Phi) is 6.49. The van der Waals surface area contributed by atoms with Crippen molar-refractivity contribution in [2.75, 3.05) is 12.4 Å². The van der Waals surface area contributed by atoms with Gasteiger partial charge in [0, 0.05) is 12.1 Å². The molecule has 18 heavy (non-hydrogen) atoms. The first kappa shape index (κ1) is 14.8. The molecule has 100 valence electrons. The molecule has 1 aromatic rings. The van der Waals surface area contributed by atoms with E-state index in [-0.39, 0.29) is 11.4 Å². The van der Waals surface area contributed by atoms with Crippen molar-refractivity contribution in [1.82, 2.24) is 0 Å². The maximum absolute atomic E-state index is 13.0. The zero-order valence-corrected chi connectivity index (χ0v) is 10.9. The topological polar surface area (TPSA) is 52.4 Å². The summed E-state index contributed by atoms with van der Waals surface area (Å²) in [6.45, 7) is 0.358. The third-order valence-corrected chi connectivity index (χ3v) is 2.74. The summed E-state index contributed by atoms with van der Waals surface area (Å²) in [7, 11) is 0. The second kappa shape index (κ2) is 7.92. The molecule has 1 rings (SSSR count). The number of nitrogens with zero attached hydrogens (tertiary/aromatic N) is 1. The summed E-state index contributed by atoms with van der Waals surface area (Å²) >= 11 is 4.10. The van der Waals surface area contributed by atoms with Gasteiger partial charge in [0.1, 0.15) is 5.82 Å². The van der Waals surface area contributed by atoms with E-state index in [1.807, 2.05) is 0 Å². The summed E-state index contributed by atoms with van der Waals surface area (Å²) in [5.74, 6) is 0.316. The van der Waals surface area contributed by atoms with Crippen LogP contribution >= 0.6 is 12.6 Å². The molecule has 0 atom stereocenters. The van der Waals surface area contributed by atoms with Crippen molar-refractivity contribution in [3.63, 3.8) is 0 Å². The maximum Gasteiger partial charge on any atom is 0.311 e. The fourth-order valence-corrected chi connectivity index (χ4v) is 1.73. The van der Waals surface area contributed by atoms with Crippen LogP contribution in [0.15, 0.2) is 18.2 Å². The van der Waals surface area contributed by atoms with Gasteiger partial charge in [-0.3, -0.25) is 10.1 Å². The van der Waals surface area contributed by atoms with E-state index in [1.54, 1.807) is 0 Å². The molecule has 0 saturated heterocycles. The molecular formula is C12H16FNO3S. The number of halogens is 1. The molecule has 4 nitrogen and oxygen atoms in total. The monoisotopic (exact) mass is 273 g/mol. The zero-order chi connectivity index (χ0) is 13.4. The van der Waals surface area contributed by atoms with Gasteiger partial charge in [0.2, 0.25) is 0 Å². The van der Waals surface area contributed by atoms with E-state index >= 15 is 0 Å². The molecular weight excluding hydrogens is 257 g/mol. The Morgan fingerprint density at radius 3 is 2.67 bits per heavy atom. The summed E-state index contributed by atoms with van der Waals surface area (Å²) in [6.07, 6.45) is 3.87. The van der Waals surface area contributed by atoms with E-state index in [0.717, 1.165) is 49.6 Å². The number of thiol groups is 1. The van der Waals surface area contributed by atoms with Gasteiger partial charge in [-0.25, -0.2) is 4.39 Å². The molecule has 0 bridgehead atoms. The van der Waals surface area contributed by atoms with Crippen molar-refractivity contribution >= 4 is 18.3 Å². The number of hydrogen-bond acceptors (Lipinski definition) is 4. The number of benzene rings is 1. The number of hydrogen-bond donors (Lipinski definition) is 1. The minimum Gasteiger partial charge on any atom is -0.487 e. The van der Waals surface area contributed by atoms with Crippen molar-refractivity contribution < 1.29 is 14.1 Å². The molecule has 1 aromatic carbocycles. The summed E-state index contributed by atoms with van der Waals surface area (Å²) in [6, 6.07) is 3.22. The summed E-state index contributed by atoms with van der Waals surface area (Å²) in [5.41, 5.74) is -0.202. The van der Waals surface area contributed by atoms with Gasteiger partial charge in [-0.15, -0.1) is 0 Å². The normalized spacial score (nSPS) is 10.3. The smallest absolute Gasteiger partial charge is 0.311 e. The third-order valence-electron chi connectivity index (χ3n) is 2.43. The van der Waals surface area contributed by atoms with Gasteiger partial charge in [0.25, 0.3) is 0 Å². The SMILES string of the molecule is O=[N+]([O-])c1ccc(F)cc1OCCCCCCS. The minimum absolute atomic E-state index is 0.00537. The van der Waals surface area contributed by atoms with Gasteiger partial charge in [0.15, 0.2) is 5.75 Å². The van der Waals surface area contributed by atoms with Crippen LogP contribution < -0.4 is 4.74 Å². The fraction of sp³-hybridized carbons (Fsp3) is 0.500. The Bertz CT molecular complexity index is 401. The number of unbranched alkanes of at least 4 members (excludes halogenated alkanes) is 3. The van der Waals surface area contributed by atoms with Crippen LogP contribution in [0, 0.1) is 15.9 Å². The molecule has 0 fully saturated rings. The highest BCUT2D eigenvalue weighted by Crippen LogP contribution is 2.27. The van der Waals surface area contributed by atoms with E-state index in [9.17, 15) is 14.5 Å². The average molecular weight is 273 g/mol. The lowest BCUT2D eigenvalue weighted by Crippen LogP contribution is -2.01. The van der Waals surface area contributed by atoms with Gasteiger partial charge >= 0.3 is 5.69 Å². The van der Waals surface area contributed by atoms with Gasteiger partial charge < -0.3 is 4.74 Å². The second-order valence-corrected chi connectivity index (χ2v) is 4.30. The summed E-state index contributed by atoms with van der Waals surface area (Å²) in [5, 5.41) is 10.7. The molecule has 0 aliphatic rings. The molecule has 0 unspecified atom stereocenters. The molecule has 0 aliphatic heterocycles. The van der Waals surface area contributed by atoms with Crippen LogP contribution in [0.4, 0.5) is 10.1 Å². The highest BCUT2D eigenvalue weighted by molar-refractivity contribution is 7.80. The lowest BCUT2D eigenvalue weighted by molar-refractivity contribution is -0.385. The van der Waals surface area contributed by atoms with Crippen molar-refractivity contribution in [2.45, 2.75) is 25.7 Å². The first-order chi connectivity index (χ1) is 8.65. The number of ether oxygens (including phenoxy) is 1. The zero-order valence-electron chi connectivity index (χ0n) is 9.97. The standard InChI is InChI=1S/C12H16FNO3S/c13-10-5-6-11(14(15)16)12(9-10)17-7-3-1-2-4-8-18/h5-6,9,18H,1-4,7-8H2. The lowest BCUT2D eigenvalue weighted by atomic mass is 10.2. The van der Waals surface area contributed by atoms with Crippen molar-refractivity contribution in [1.29, 1.82) is 0 Å². The van der Waals surface area contributed by atoms with Gasteiger partial charge in [-0.05, 0) is 24.7 Å². The van der Waals surface area contributed by atoms with E-state index in [2.05, 4.69) is 12.6 Å². The molecule has 6 heteroatoms. The highest BCUT2D eigenvalue weighted by Gasteiger charge is 2.15. The van der Waals surface area contributed by atoms with Crippen LogP contribution in [-0.4, -0.2) is 17.3 Å². The van der Waals surface area contributed by atoms with Crippen LogP contribution in [0.2, 0.25) is 0 Å². The van der Waals surface area contributed by atoms with Gasteiger partial charge in [0.05, 0.1) is 11.5 Å². The minimum atomic E-state index is -0.574. The van der Waals surface area contributed by atoms with E-state index < -0.39 is 10.7 Å².